The normalized spacial score (nSPS) is 21.6. The number of ether oxygens (including phenoxy) is 1. The molecular weight excluding hydrogens is 610 g/mol. The van der Waals surface area contributed by atoms with Gasteiger partial charge < -0.3 is 30.5 Å². The molecule has 12 heteroatoms. The predicted molar refractivity (Wildman–Crippen MR) is 179 cm³/mol. The zero-order valence-electron chi connectivity index (χ0n) is 28.0. The first-order chi connectivity index (χ1) is 23.0. The number of rotatable bonds is 11. The average molecular weight is 656 g/mol. The summed E-state index contributed by atoms with van der Waals surface area (Å²) in [5.74, 6) is -1.27. The van der Waals surface area contributed by atoms with Crippen LogP contribution in [-0.2, 0) is 32.3 Å². The number of anilines is 1. The topological polar surface area (TPSA) is 138 Å². The van der Waals surface area contributed by atoms with Gasteiger partial charge in [0, 0.05) is 50.8 Å². The Labute approximate surface area is 281 Å². The third-order valence-corrected chi connectivity index (χ3v) is 10.1. The molecular formula is C36H45N7O5. The average Bonchev–Trinajstić information content (AvgIpc) is 3.35. The van der Waals surface area contributed by atoms with Gasteiger partial charge in [-0.15, -0.1) is 0 Å². The minimum Gasteiger partial charge on any atom is -0.371 e. The summed E-state index contributed by atoms with van der Waals surface area (Å²) >= 11 is 0. The highest BCUT2D eigenvalue weighted by Gasteiger charge is 2.62. The Bertz CT molecular complexity index is 1640. The quantitative estimate of drug-likeness (QED) is 0.290. The number of aromatic nitrogens is 2. The van der Waals surface area contributed by atoms with E-state index in [1.807, 2.05) is 65.6 Å². The second-order valence-electron chi connectivity index (χ2n) is 14.2. The van der Waals surface area contributed by atoms with Crippen molar-refractivity contribution in [3.05, 3.63) is 84.2 Å². The molecule has 1 aromatic heterocycles. The van der Waals surface area contributed by atoms with Crippen molar-refractivity contribution in [1.29, 1.82) is 0 Å². The second kappa shape index (κ2) is 13.4. The zero-order chi connectivity index (χ0) is 34.1. The first-order valence-corrected chi connectivity index (χ1v) is 16.6. The van der Waals surface area contributed by atoms with Crippen LogP contribution in [0.15, 0.2) is 73.1 Å². The number of benzene rings is 2. The number of nitrogens with one attached hydrogen (secondary N) is 3. The molecule has 12 nitrogen and oxygen atoms in total. The van der Waals surface area contributed by atoms with E-state index in [2.05, 4.69) is 34.9 Å². The van der Waals surface area contributed by atoms with Gasteiger partial charge in [-0.3, -0.25) is 19.1 Å². The molecule has 3 aliphatic rings. The molecule has 2 saturated heterocycles. The highest BCUT2D eigenvalue weighted by atomic mass is 16.5. The molecule has 5 amide bonds. The van der Waals surface area contributed by atoms with Crippen LogP contribution in [0, 0.1) is 22.7 Å². The molecule has 4 atom stereocenters. The number of urea groups is 1. The largest absolute Gasteiger partial charge is 0.371 e. The zero-order valence-corrected chi connectivity index (χ0v) is 28.0. The van der Waals surface area contributed by atoms with E-state index in [0.29, 0.717) is 31.9 Å². The number of likely N-dealkylation sites (N-methyl/N-ethyl adjacent to an activating group) is 1. The Morgan fingerprint density at radius 3 is 2.19 bits per heavy atom. The van der Waals surface area contributed by atoms with E-state index in [1.165, 1.54) is 7.05 Å². The maximum absolute atomic E-state index is 14.1. The van der Waals surface area contributed by atoms with E-state index < -0.39 is 23.5 Å². The Kier molecular flexibility index (Phi) is 9.28. The summed E-state index contributed by atoms with van der Waals surface area (Å²) in [4.78, 5) is 57.3. The van der Waals surface area contributed by atoms with Gasteiger partial charge in [0.2, 0.25) is 17.7 Å². The lowest BCUT2D eigenvalue weighted by Crippen LogP contribution is -2.65. The molecule has 3 aromatic rings. The molecule has 2 aromatic carbocycles. The highest BCUT2D eigenvalue weighted by Crippen LogP contribution is 2.54. The smallest absolute Gasteiger partial charge is 0.321 e. The van der Waals surface area contributed by atoms with Crippen molar-refractivity contribution in [2.24, 2.45) is 22.7 Å². The van der Waals surface area contributed by atoms with Crippen LogP contribution in [0.1, 0.15) is 38.3 Å². The lowest BCUT2D eigenvalue weighted by atomic mass is 9.70. The standard InChI is InChI=1S/C36H45N7O5/c1-24(48-20-26-13-9-6-10-14-26)30(32(45)37-4)40-31(44)29-19-41(21-36(29)22-42(23-36)33(46)28-15-35(28,2)3)34(47)39-27-16-38-43(18-27)17-25-11-7-5-8-12-25/h5-14,16,18,24,28-30H,15,17,19-23H2,1-4H3,(H,37,45)(H,39,47)(H,40,44)/t24-,28-,29-,30+/m1/s1. The third-order valence-electron chi connectivity index (χ3n) is 10.1. The van der Waals surface area contributed by atoms with Crippen molar-refractivity contribution in [2.45, 2.75) is 52.5 Å². The molecule has 3 heterocycles. The molecule has 1 spiro atoms. The summed E-state index contributed by atoms with van der Waals surface area (Å²) in [6, 6.07) is 18.2. The first kappa shape index (κ1) is 33.2. The number of carbonyl (C=O) groups is 4. The summed E-state index contributed by atoms with van der Waals surface area (Å²) in [5, 5.41) is 12.9. The number of hydrogen-bond acceptors (Lipinski definition) is 6. The Morgan fingerprint density at radius 2 is 1.56 bits per heavy atom. The fraction of sp³-hybridized carbons (Fsp3) is 0.472. The number of hydrogen-bond donors (Lipinski definition) is 3. The number of likely N-dealkylation sites (tertiary alicyclic amines) is 2. The van der Waals surface area contributed by atoms with E-state index >= 15 is 0 Å². The van der Waals surface area contributed by atoms with Gasteiger partial charge in [-0.1, -0.05) is 74.5 Å². The van der Waals surface area contributed by atoms with E-state index in [1.54, 1.807) is 28.9 Å². The van der Waals surface area contributed by atoms with Crippen LogP contribution in [0.4, 0.5) is 10.5 Å². The van der Waals surface area contributed by atoms with Crippen molar-refractivity contribution < 1.29 is 23.9 Å². The summed E-state index contributed by atoms with van der Waals surface area (Å²) in [5.41, 5.74) is 1.94. The molecule has 0 unspecified atom stereocenters. The van der Waals surface area contributed by atoms with Crippen molar-refractivity contribution in [3.8, 4) is 0 Å². The summed E-state index contributed by atoms with van der Waals surface area (Å²) in [6.07, 6.45) is 3.59. The van der Waals surface area contributed by atoms with E-state index in [4.69, 9.17) is 4.74 Å². The van der Waals surface area contributed by atoms with E-state index in [9.17, 15) is 19.2 Å². The molecule has 2 aliphatic heterocycles. The van der Waals surface area contributed by atoms with Crippen molar-refractivity contribution in [1.82, 2.24) is 30.2 Å². The summed E-state index contributed by atoms with van der Waals surface area (Å²) < 4.78 is 7.78. The number of nitrogens with zero attached hydrogens (tertiary/aromatic N) is 4. The van der Waals surface area contributed by atoms with Crippen LogP contribution in [0.2, 0.25) is 0 Å². The van der Waals surface area contributed by atoms with Crippen molar-refractivity contribution in [2.75, 3.05) is 38.5 Å². The highest BCUT2D eigenvalue weighted by molar-refractivity contribution is 5.93. The van der Waals surface area contributed by atoms with Gasteiger partial charge in [-0.25, -0.2) is 4.79 Å². The fourth-order valence-corrected chi connectivity index (χ4v) is 6.98. The van der Waals surface area contributed by atoms with Gasteiger partial charge in [0.1, 0.15) is 6.04 Å². The summed E-state index contributed by atoms with van der Waals surface area (Å²) in [7, 11) is 1.52. The van der Waals surface area contributed by atoms with Gasteiger partial charge in [-0.05, 0) is 29.9 Å². The predicted octanol–water partition coefficient (Wildman–Crippen LogP) is 3.11. The first-order valence-electron chi connectivity index (χ1n) is 16.6. The lowest BCUT2D eigenvalue weighted by Gasteiger charge is -2.50. The van der Waals surface area contributed by atoms with E-state index in [-0.39, 0.29) is 48.2 Å². The van der Waals surface area contributed by atoms with Crippen LogP contribution in [-0.4, -0.2) is 88.7 Å². The molecule has 1 saturated carbocycles. The minimum atomic E-state index is -0.952. The number of carbonyl (C=O) groups excluding carboxylic acids is 4. The van der Waals surface area contributed by atoms with Crippen LogP contribution in [0.25, 0.3) is 0 Å². The van der Waals surface area contributed by atoms with Crippen LogP contribution < -0.4 is 16.0 Å². The van der Waals surface area contributed by atoms with Gasteiger partial charge >= 0.3 is 6.03 Å². The number of amides is 5. The summed E-state index contributed by atoms with van der Waals surface area (Å²) in [6.45, 7) is 7.98. The molecule has 3 N–H and O–H groups in total. The van der Waals surface area contributed by atoms with Gasteiger partial charge in [0.25, 0.3) is 0 Å². The molecule has 0 radical (unpaired) electrons. The van der Waals surface area contributed by atoms with Crippen LogP contribution in [0.3, 0.4) is 0 Å². The molecule has 254 valence electrons. The lowest BCUT2D eigenvalue weighted by molar-refractivity contribution is -0.152. The molecule has 3 fully saturated rings. The molecule has 6 rings (SSSR count). The van der Waals surface area contributed by atoms with Crippen molar-refractivity contribution in [3.63, 3.8) is 0 Å². The van der Waals surface area contributed by atoms with Gasteiger partial charge in [-0.2, -0.15) is 5.10 Å². The fourth-order valence-electron chi connectivity index (χ4n) is 6.98. The SMILES string of the molecule is CNC(=O)[C@@H](NC(=O)[C@H]1CN(C(=O)Nc2cnn(Cc3ccccc3)c2)CC12CN(C(=O)[C@H]1CC1(C)C)C2)[C@@H](C)OCc1ccccc1. The van der Waals surface area contributed by atoms with E-state index in [0.717, 1.165) is 17.5 Å². The minimum absolute atomic E-state index is 0.0141. The van der Waals surface area contributed by atoms with Gasteiger partial charge in [0.05, 0.1) is 37.1 Å². The van der Waals surface area contributed by atoms with Crippen molar-refractivity contribution >= 4 is 29.4 Å². The monoisotopic (exact) mass is 655 g/mol. The van der Waals surface area contributed by atoms with Gasteiger partial charge in [0.15, 0.2) is 0 Å². The van der Waals surface area contributed by atoms with Crippen LogP contribution >= 0.6 is 0 Å². The molecule has 0 bridgehead atoms. The third kappa shape index (κ3) is 7.08. The molecule has 1 aliphatic carbocycles. The Morgan fingerprint density at radius 1 is 0.938 bits per heavy atom. The Balaban J connectivity index is 1.15. The maximum atomic E-state index is 14.1. The Hall–Kier alpha value is -4.71. The maximum Gasteiger partial charge on any atom is 0.321 e. The van der Waals surface area contributed by atoms with Crippen LogP contribution in [0.5, 0.6) is 0 Å². The second-order valence-corrected chi connectivity index (χ2v) is 14.2. The molecule has 48 heavy (non-hydrogen) atoms.